The molecule has 0 heterocycles. The topological polar surface area (TPSA) is 78.9 Å². The highest BCUT2D eigenvalue weighted by atomic mass is 16.6. The smallest absolute Gasteiger partial charge is 0.306 e. The van der Waals surface area contributed by atoms with Crippen LogP contribution in [0.5, 0.6) is 0 Å². The molecule has 0 N–H and O–H groups in total. The van der Waals surface area contributed by atoms with Crippen molar-refractivity contribution < 1.29 is 28.6 Å². The van der Waals surface area contributed by atoms with Gasteiger partial charge in [-0.1, -0.05) is 296 Å². The highest BCUT2D eigenvalue weighted by Crippen LogP contribution is 2.17. The van der Waals surface area contributed by atoms with Crippen molar-refractivity contribution in [2.75, 3.05) is 13.2 Å². The maximum Gasteiger partial charge on any atom is 0.306 e. The highest BCUT2D eigenvalue weighted by Gasteiger charge is 2.19. The average Bonchev–Trinajstić information content (AvgIpc) is 3.43. The number of hydrogen-bond acceptors (Lipinski definition) is 6. The van der Waals surface area contributed by atoms with Crippen LogP contribution in [-0.2, 0) is 28.6 Å². The molecule has 0 aliphatic rings. The summed E-state index contributed by atoms with van der Waals surface area (Å²) in [5, 5.41) is 0. The number of esters is 3. The number of hydrogen-bond donors (Lipinski definition) is 0. The minimum absolute atomic E-state index is 0.107. The lowest BCUT2D eigenvalue weighted by molar-refractivity contribution is -0.166. The summed E-state index contributed by atoms with van der Waals surface area (Å²) >= 11 is 0. The lowest BCUT2D eigenvalue weighted by Gasteiger charge is -2.18. The van der Waals surface area contributed by atoms with E-state index in [1.807, 2.05) is 12.2 Å². The van der Waals surface area contributed by atoms with E-state index in [-0.39, 0.29) is 31.6 Å². The van der Waals surface area contributed by atoms with Gasteiger partial charge in [0.15, 0.2) is 6.10 Å². The molecule has 0 aromatic carbocycles. The zero-order valence-corrected chi connectivity index (χ0v) is 50.2. The van der Waals surface area contributed by atoms with E-state index in [0.29, 0.717) is 19.3 Å². The molecule has 77 heavy (non-hydrogen) atoms. The quantitative estimate of drug-likeness (QED) is 0.0261. The SMILES string of the molecule is CC/C=C\C/C=C\C/C=C\C/C=C\C/C=C\C/C=C\CCC(=O)OC(COC(=O)CCCCCCC)COC(=O)CCCCCCCCCCCCCCCCCCCCCCCC/C=C\C/C=C\C/C=C\C/C=C\CC. The van der Waals surface area contributed by atoms with Gasteiger partial charge in [-0.3, -0.25) is 14.4 Å². The highest BCUT2D eigenvalue weighted by molar-refractivity contribution is 5.71. The van der Waals surface area contributed by atoms with Crippen molar-refractivity contribution >= 4 is 17.9 Å². The Bertz CT molecular complexity index is 1600. The zero-order valence-electron chi connectivity index (χ0n) is 50.2. The predicted molar refractivity (Wildman–Crippen MR) is 334 cm³/mol. The monoisotopic (exact) mass is 1070 g/mol. The summed E-state index contributed by atoms with van der Waals surface area (Å²) in [6.07, 6.45) is 90.1. The van der Waals surface area contributed by atoms with E-state index in [1.54, 1.807) is 0 Å². The van der Waals surface area contributed by atoms with Gasteiger partial charge in [-0.25, -0.2) is 0 Å². The number of ether oxygens (including phenoxy) is 3. The van der Waals surface area contributed by atoms with E-state index < -0.39 is 12.1 Å². The predicted octanol–water partition coefficient (Wildman–Crippen LogP) is 22.0. The van der Waals surface area contributed by atoms with Crippen LogP contribution in [0.4, 0.5) is 0 Å². The second-order valence-electron chi connectivity index (χ2n) is 20.9. The van der Waals surface area contributed by atoms with Crippen molar-refractivity contribution in [3.63, 3.8) is 0 Å². The van der Waals surface area contributed by atoms with Crippen molar-refractivity contribution in [3.05, 3.63) is 122 Å². The second-order valence-corrected chi connectivity index (χ2v) is 20.9. The Kier molecular flexibility index (Phi) is 60.8. The van der Waals surface area contributed by atoms with Crippen LogP contribution < -0.4 is 0 Å². The Labute approximate surface area is 475 Å². The van der Waals surface area contributed by atoms with Crippen LogP contribution in [0, 0.1) is 0 Å². The van der Waals surface area contributed by atoms with Gasteiger partial charge in [-0.05, 0) is 96.3 Å². The largest absolute Gasteiger partial charge is 0.462 e. The van der Waals surface area contributed by atoms with Crippen molar-refractivity contribution in [2.24, 2.45) is 0 Å². The first-order valence-corrected chi connectivity index (χ1v) is 32.0. The van der Waals surface area contributed by atoms with Gasteiger partial charge in [0.25, 0.3) is 0 Å². The number of allylic oxidation sites excluding steroid dienone is 20. The minimum Gasteiger partial charge on any atom is -0.462 e. The first-order valence-electron chi connectivity index (χ1n) is 32.0. The Morgan fingerprint density at radius 1 is 0.273 bits per heavy atom. The molecule has 0 saturated carbocycles. The average molecular weight is 1070 g/mol. The molecule has 0 rings (SSSR count). The fraction of sp³-hybridized carbons (Fsp3) is 0.676. The third-order valence-corrected chi connectivity index (χ3v) is 13.5. The van der Waals surface area contributed by atoms with Crippen LogP contribution in [0.25, 0.3) is 0 Å². The van der Waals surface area contributed by atoms with Gasteiger partial charge in [-0.2, -0.15) is 0 Å². The third-order valence-electron chi connectivity index (χ3n) is 13.5. The molecule has 6 nitrogen and oxygen atoms in total. The van der Waals surface area contributed by atoms with E-state index in [2.05, 4.69) is 130 Å². The minimum atomic E-state index is -0.815. The van der Waals surface area contributed by atoms with Crippen LogP contribution in [-0.4, -0.2) is 37.2 Å². The van der Waals surface area contributed by atoms with Crippen molar-refractivity contribution in [1.29, 1.82) is 0 Å². The van der Waals surface area contributed by atoms with Gasteiger partial charge in [0.2, 0.25) is 0 Å². The van der Waals surface area contributed by atoms with Crippen LogP contribution in [0.3, 0.4) is 0 Å². The van der Waals surface area contributed by atoms with E-state index in [1.165, 1.54) is 128 Å². The van der Waals surface area contributed by atoms with E-state index in [4.69, 9.17) is 14.2 Å². The number of rotatable bonds is 57. The Morgan fingerprint density at radius 3 is 0.844 bits per heavy atom. The molecule has 1 atom stereocenters. The van der Waals surface area contributed by atoms with Gasteiger partial charge in [0.1, 0.15) is 13.2 Å². The van der Waals surface area contributed by atoms with Gasteiger partial charge in [-0.15, -0.1) is 0 Å². The first kappa shape index (κ1) is 72.8. The maximum absolute atomic E-state index is 12.8. The Hall–Kier alpha value is -4.19. The normalized spacial score (nSPS) is 12.9. The first-order chi connectivity index (χ1) is 38.0. The lowest BCUT2D eigenvalue weighted by atomic mass is 10.0. The number of unbranched alkanes of at least 4 members (excludes halogenated alkanes) is 26. The standard InChI is InChI=1S/C71H118O6/c1-4-7-10-13-15-17-19-21-23-25-27-28-29-30-31-32-33-34-35-36-37-38-39-40-41-42-44-45-47-49-51-53-55-58-61-64-70(73)76-67-68(66-75-69(72)63-60-57-12-9-6-3)77-71(74)65-62-59-56-54-52-50-48-46-43-26-24-22-20-18-16-14-11-8-5-2/h7-8,10-11,15-18,21-24,27-28,43,46,50,52,56,59,68H,4-6,9,12-14,19-20,25-26,29-42,44-45,47-49,51,53-55,57-58,60-67H2,1-3H3/b10-7-,11-8-,17-15-,18-16-,23-21-,24-22-,28-27-,46-43-,52-50-,59-56-. The van der Waals surface area contributed by atoms with Gasteiger partial charge in [0, 0.05) is 19.3 Å². The number of carbonyl (C=O) groups excluding carboxylic acids is 3. The summed E-state index contributed by atoms with van der Waals surface area (Å²) in [6, 6.07) is 0. The van der Waals surface area contributed by atoms with E-state index in [0.717, 1.165) is 116 Å². The fourth-order valence-corrected chi connectivity index (χ4v) is 8.76. The Balaban J connectivity index is 3.99. The fourth-order valence-electron chi connectivity index (χ4n) is 8.76. The molecule has 0 aromatic rings. The van der Waals surface area contributed by atoms with Crippen LogP contribution in [0.1, 0.15) is 290 Å². The molecule has 0 saturated heterocycles. The van der Waals surface area contributed by atoms with Gasteiger partial charge < -0.3 is 14.2 Å². The molecule has 0 spiro atoms. The molecule has 0 aliphatic heterocycles. The molecule has 0 aromatic heterocycles. The molecule has 0 fully saturated rings. The molecule has 0 bridgehead atoms. The molecule has 438 valence electrons. The van der Waals surface area contributed by atoms with E-state index in [9.17, 15) is 14.4 Å². The zero-order chi connectivity index (χ0) is 55.7. The van der Waals surface area contributed by atoms with Crippen LogP contribution in [0.2, 0.25) is 0 Å². The molecule has 1 unspecified atom stereocenters. The second kappa shape index (κ2) is 64.3. The molecule has 0 amide bonds. The summed E-state index contributed by atoms with van der Waals surface area (Å²) in [7, 11) is 0. The van der Waals surface area contributed by atoms with Crippen molar-refractivity contribution in [3.8, 4) is 0 Å². The van der Waals surface area contributed by atoms with Crippen molar-refractivity contribution in [2.45, 2.75) is 297 Å². The summed E-state index contributed by atoms with van der Waals surface area (Å²) in [5.74, 6) is -1.00. The van der Waals surface area contributed by atoms with Gasteiger partial charge in [0.05, 0.1) is 0 Å². The molecule has 6 heteroatoms. The van der Waals surface area contributed by atoms with E-state index >= 15 is 0 Å². The number of carbonyl (C=O) groups is 3. The molecular weight excluding hydrogens is 949 g/mol. The summed E-state index contributed by atoms with van der Waals surface area (Å²) in [4.78, 5) is 37.8. The lowest BCUT2D eigenvalue weighted by Crippen LogP contribution is -2.30. The molecular formula is C71H118O6. The van der Waals surface area contributed by atoms with Crippen LogP contribution in [0.15, 0.2) is 122 Å². The summed E-state index contributed by atoms with van der Waals surface area (Å²) in [5.41, 5.74) is 0. The van der Waals surface area contributed by atoms with Gasteiger partial charge >= 0.3 is 17.9 Å². The summed E-state index contributed by atoms with van der Waals surface area (Å²) in [6.45, 7) is 6.27. The van der Waals surface area contributed by atoms with Crippen LogP contribution >= 0.6 is 0 Å². The third kappa shape index (κ3) is 62.5. The Morgan fingerprint density at radius 2 is 0.532 bits per heavy atom. The van der Waals surface area contributed by atoms with Crippen molar-refractivity contribution in [1.82, 2.24) is 0 Å². The molecule has 0 aliphatic carbocycles. The maximum atomic E-state index is 12.8. The molecule has 0 radical (unpaired) electrons. The summed E-state index contributed by atoms with van der Waals surface area (Å²) < 4.78 is 16.7.